The number of aromatic nitrogens is 3. The van der Waals surface area contributed by atoms with E-state index >= 15 is 0 Å². The fraction of sp³-hybridized carbons (Fsp3) is 0.238. The van der Waals surface area contributed by atoms with E-state index < -0.39 is 0 Å². The van der Waals surface area contributed by atoms with Gasteiger partial charge < -0.3 is 15.7 Å². The molecule has 2 heterocycles. The van der Waals surface area contributed by atoms with Crippen molar-refractivity contribution in [2.24, 2.45) is 5.92 Å². The molecule has 1 aromatic carbocycles. The SMILES string of the molecule is O=C(N[C@H](c1ccccn1)C1CC(O)C1)c1cnc(Nc2ccccc2)nc1. The second-order valence-electron chi connectivity index (χ2n) is 6.88. The number of anilines is 2. The van der Waals surface area contributed by atoms with Crippen LogP contribution in [-0.2, 0) is 0 Å². The van der Waals surface area contributed by atoms with Crippen molar-refractivity contribution in [3.63, 3.8) is 0 Å². The normalized spacial score (nSPS) is 19.3. The van der Waals surface area contributed by atoms with Gasteiger partial charge in [0, 0.05) is 24.3 Å². The predicted molar refractivity (Wildman–Crippen MR) is 105 cm³/mol. The number of amides is 1. The molecule has 1 aliphatic rings. The largest absolute Gasteiger partial charge is 0.393 e. The summed E-state index contributed by atoms with van der Waals surface area (Å²) in [5.41, 5.74) is 2.04. The highest BCUT2D eigenvalue weighted by Gasteiger charge is 2.36. The van der Waals surface area contributed by atoms with Crippen molar-refractivity contribution in [3.8, 4) is 0 Å². The Balaban J connectivity index is 1.45. The molecule has 2 aromatic heterocycles. The molecule has 4 rings (SSSR count). The molecule has 0 aliphatic heterocycles. The third kappa shape index (κ3) is 4.15. The van der Waals surface area contributed by atoms with E-state index in [1.165, 1.54) is 12.4 Å². The van der Waals surface area contributed by atoms with Crippen LogP contribution in [0.25, 0.3) is 0 Å². The molecule has 3 aromatic rings. The second-order valence-corrected chi connectivity index (χ2v) is 6.88. The van der Waals surface area contributed by atoms with Crippen LogP contribution in [0.3, 0.4) is 0 Å². The van der Waals surface area contributed by atoms with E-state index in [0.29, 0.717) is 24.4 Å². The summed E-state index contributed by atoms with van der Waals surface area (Å²) in [6.45, 7) is 0. The Bertz CT molecular complexity index is 913. The molecule has 0 unspecified atom stereocenters. The summed E-state index contributed by atoms with van der Waals surface area (Å²) in [7, 11) is 0. The van der Waals surface area contributed by atoms with Crippen LogP contribution < -0.4 is 10.6 Å². The summed E-state index contributed by atoms with van der Waals surface area (Å²) in [5, 5.41) is 15.8. The summed E-state index contributed by atoms with van der Waals surface area (Å²) in [4.78, 5) is 25.6. The van der Waals surface area contributed by atoms with E-state index in [1.807, 2.05) is 48.5 Å². The molecule has 1 amide bonds. The van der Waals surface area contributed by atoms with Gasteiger partial charge in [0.1, 0.15) is 0 Å². The van der Waals surface area contributed by atoms with E-state index in [2.05, 4.69) is 25.6 Å². The third-order valence-corrected chi connectivity index (χ3v) is 4.86. The minimum Gasteiger partial charge on any atom is -0.393 e. The Labute approximate surface area is 162 Å². The van der Waals surface area contributed by atoms with Crippen LogP contribution in [0.5, 0.6) is 0 Å². The number of para-hydroxylation sites is 1. The van der Waals surface area contributed by atoms with Crippen LogP contribution in [0.15, 0.2) is 67.1 Å². The molecule has 0 spiro atoms. The number of aliphatic hydroxyl groups is 1. The molecule has 7 heteroatoms. The maximum atomic E-state index is 12.7. The van der Waals surface area contributed by atoms with Gasteiger partial charge in [-0.25, -0.2) is 9.97 Å². The van der Waals surface area contributed by atoms with Crippen molar-refractivity contribution < 1.29 is 9.90 Å². The zero-order chi connectivity index (χ0) is 19.3. The van der Waals surface area contributed by atoms with Gasteiger partial charge in [0.2, 0.25) is 5.95 Å². The zero-order valence-corrected chi connectivity index (χ0v) is 15.2. The van der Waals surface area contributed by atoms with Crippen LogP contribution >= 0.6 is 0 Å². The predicted octanol–water partition coefficient (Wildman–Crippen LogP) is 2.86. The average Bonchev–Trinajstić information content (AvgIpc) is 2.72. The highest BCUT2D eigenvalue weighted by molar-refractivity contribution is 5.94. The lowest BCUT2D eigenvalue weighted by atomic mass is 9.76. The van der Waals surface area contributed by atoms with Crippen molar-refractivity contribution in [1.29, 1.82) is 0 Å². The zero-order valence-electron chi connectivity index (χ0n) is 15.2. The van der Waals surface area contributed by atoms with Gasteiger partial charge in [0.05, 0.1) is 23.4 Å². The van der Waals surface area contributed by atoms with Gasteiger partial charge in [0.25, 0.3) is 5.91 Å². The van der Waals surface area contributed by atoms with E-state index in [-0.39, 0.29) is 24.0 Å². The molecule has 0 bridgehead atoms. The van der Waals surface area contributed by atoms with Crippen molar-refractivity contribution in [2.75, 3.05) is 5.32 Å². The summed E-state index contributed by atoms with van der Waals surface area (Å²) < 4.78 is 0. The van der Waals surface area contributed by atoms with Gasteiger partial charge in [-0.15, -0.1) is 0 Å². The van der Waals surface area contributed by atoms with Crippen LogP contribution in [0.1, 0.15) is 34.9 Å². The minimum absolute atomic E-state index is 0.161. The Morgan fingerprint density at radius 1 is 1.00 bits per heavy atom. The molecule has 1 fully saturated rings. The fourth-order valence-corrected chi connectivity index (χ4v) is 3.28. The highest BCUT2D eigenvalue weighted by atomic mass is 16.3. The van der Waals surface area contributed by atoms with Crippen molar-refractivity contribution in [3.05, 3.63) is 78.4 Å². The molecule has 3 N–H and O–H groups in total. The first kappa shape index (κ1) is 18.1. The quantitative estimate of drug-likeness (QED) is 0.613. The van der Waals surface area contributed by atoms with E-state index in [9.17, 15) is 9.90 Å². The molecule has 1 saturated carbocycles. The third-order valence-electron chi connectivity index (χ3n) is 4.86. The van der Waals surface area contributed by atoms with Gasteiger partial charge in [-0.05, 0) is 43.0 Å². The number of carbonyl (C=O) groups excluding carboxylic acids is 1. The number of carbonyl (C=O) groups is 1. The lowest BCUT2D eigenvalue weighted by molar-refractivity contribution is 0.0228. The Morgan fingerprint density at radius 2 is 1.71 bits per heavy atom. The first-order chi connectivity index (χ1) is 13.7. The Kier molecular flexibility index (Phi) is 5.25. The number of nitrogens with zero attached hydrogens (tertiary/aromatic N) is 3. The standard InChI is InChI=1S/C21H21N5O2/c27-17-10-14(11-17)19(18-8-4-5-9-22-18)26-20(28)15-12-23-21(24-13-15)25-16-6-2-1-3-7-16/h1-9,12-14,17,19,27H,10-11H2,(H,26,28)(H,23,24,25)/t14?,17?,19-/m0/s1. The highest BCUT2D eigenvalue weighted by Crippen LogP contribution is 2.37. The van der Waals surface area contributed by atoms with Gasteiger partial charge in [-0.3, -0.25) is 9.78 Å². The smallest absolute Gasteiger partial charge is 0.254 e. The van der Waals surface area contributed by atoms with Crippen molar-refractivity contribution in [1.82, 2.24) is 20.3 Å². The number of pyridine rings is 1. The number of aliphatic hydroxyl groups excluding tert-OH is 1. The number of nitrogens with one attached hydrogen (secondary N) is 2. The van der Waals surface area contributed by atoms with Crippen molar-refractivity contribution in [2.45, 2.75) is 25.0 Å². The van der Waals surface area contributed by atoms with Gasteiger partial charge in [-0.2, -0.15) is 0 Å². The summed E-state index contributed by atoms with van der Waals surface area (Å²) >= 11 is 0. The lowest BCUT2D eigenvalue weighted by Gasteiger charge is -2.37. The molecule has 1 aliphatic carbocycles. The van der Waals surface area contributed by atoms with Crippen LogP contribution in [-0.4, -0.2) is 32.1 Å². The van der Waals surface area contributed by atoms with Gasteiger partial charge >= 0.3 is 0 Å². The molecule has 0 saturated heterocycles. The Morgan fingerprint density at radius 3 is 2.36 bits per heavy atom. The molecule has 142 valence electrons. The monoisotopic (exact) mass is 375 g/mol. The van der Waals surface area contributed by atoms with E-state index in [0.717, 1.165) is 11.4 Å². The topological polar surface area (TPSA) is 100 Å². The second kappa shape index (κ2) is 8.14. The number of hydrogen-bond acceptors (Lipinski definition) is 6. The molecule has 0 radical (unpaired) electrons. The molecule has 28 heavy (non-hydrogen) atoms. The van der Waals surface area contributed by atoms with Gasteiger partial charge in [0.15, 0.2) is 0 Å². The maximum absolute atomic E-state index is 12.7. The average molecular weight is 375 g/mol. The molecular formula is C21H21N5O2. The number of rotatable bonds is 6. The first-order valence-electron chi connectivity index (χ1n) is 9.23. The molecule has 7 nitrogen and oxygen atoms in total. The maximum Gasteiger partial charge on any atom is 0.254 e. The van der Waals surface area contributed by atoms with Crippen molar-refractivity contribution >= 4 is 17.5 Å². The van der Waals surface area contributed by atoms with Crippen LogP contribution in [0.4, 0.5) is 11.6 Å². The summed E-state index contributed by atoms with van der Waals surface area (Å²) in [6, 6.07) is 15.0. The Hall–Kier alpha value is -3.32. The molecule has 1 atom stereocenters. The summed E-state index contributed by atoms with van der Waals surface area (Å²) in [5.74, 6) is 0.322. The minimum atomic E-state index is -0.306. The van der Waals surface area contributed by atoms with E-state index in [4.69, 9.17) is 0 Å². The van der Waals surface area contributed by atoms with Crippen LogP contribution in [0, 0.1) is 5.92 Å². The first-order valence-corrected chi connectivity index (χ1v) is 9.23. The fourth-order valence-electron chi connectivity index (χ4n) is 3.28. The summed E-state index contributed by atoms with van der Waals surface area (Å²) in [6.07, 6.45) is 5.70. The van der Waals surface area contributed by atoms with E-state index in [1.54, 1.807) is 6.20 Å². The van der Waals surface area contributed by atoms with Crippen LogP contribution in [0.2, 0.25) is 0 Å². The number of benzene rings is 1. The van der Waals surface area contributed by atoms with Gasteiger partial charge in [-0.1, -0.05) is 24.3 Å². The number of hydrogen-bond donors (Lipinski definition) is 3. The lowest BCUT2D eigenvalue weighted by Crippen LogP contribution is -2.41. The molecular weight excluding hydrogens is 354 g/mol.